The van der Waals surface area contributed by atoms with Crippen LogP contribution in [0.5, 0.6) is 17.2 Å². The van der Waals surface area contributed by atoms with E-state index >= 15 is 0 Å². The molecule has 0 fully saturated rings. The van der Waals surface area contributed by atoms with Crippen LogP contribution < -0.4 is 24.8 Å². The molecular weight excluding hydrogens is 308 g/mol. The monoisotopic (exact) mass is 330 g/mol. The summed E-state index contributed by atoms with van der Waals surface area (Å²) < 4.78 is 16.3. The van der Waals surface area contributed by atoms with Crippen molar-refractivity contribution in [3.05, 3.63) is 48.5 Å². The molecule has 0 saturated carbocycles. The van der Waals surface area contributed by atoms with Gasteiger partial charge in [0.05, 0.1) is 13.2 Å². The predicted octanol–water partition coefficient (Wildman–Crippen LogP) is 3.64. The van der Waals surface area contributed by atoms with E-state index < -0.39 is 0 Å². The van der Waals surface area contributed by atoms with Crippen LogP contribution in [0.2, 0.25) is 0 Å². The van der Waals surface area contributed by atoms with Crippen molar-refractivity contribution in [3.8, 4) is 17.2 Å². The summed E-state index contributed by atoms with van der Waals surface area (Å²) in [6.45, 7) is 5.01. The SMILES string of the molecule is CCOc1ccc(NC(=O)NCOc2ccccc2OCC)cc1. The standard InChI is InChI=1S/C18H22N2O4/c1-3-22-15-11-9-14(10-12-15)20-18(21)19-13-24-17-8-6-5-7-16(17)23-4-2/h5-12H,3-4,13H2,1-2H3,(H2,19,20,21). The number of para-hydroxylation sites is 2. The Bertz CT molecular complexity index is 644. The molecule has 0 aliphatic rings. The second-order valence-corrected chi connectivity index (χ2v) is 4.76. The Kier molecular flexibility index (Phi) is 6.76. The van der Waals surface area contributed by atoms with Crippen molar-refractivity contribution >= 4 is 11.7 Å². The van der Waals surface area contributed by atoms with E-state index in [1.807, 2.05) is 32.0 Å². The molecule has 0 atom stereocenters. The van der Waals surface area contributed by atoms with Crippen LogP contribution in [0, 0.1) is 0 Å². The molecule has 0 saturated heterocycles. The smallest absolute Gasteiger partial charge is 0.321 e. The molecule has 0 unspecified atom stereocenters. The van der Waals surface area contributed by atoms with Gasteiger partial charge in [-0.05, 0) is 50.2 Å². The van der Waals surface area contributed by atoms with Crippen LogP contribution in [-0.4, -0.2) is 26.0 Å². The van der Waals surface area contributed by atoms with Gasteiger partial charge in [-0.3, -0.25) is 0 Å². The fourth-order valence-corrected chi connectivity index (χ4v) is 2.00. The highest BCUT2D eigenvalue weighted by Gasteiger charge is 2.05. The molecule has 6 heteroatoms. The Labute approximate surface area is 141 Å². The van der Waals surface area contributed by atoms with E-state index in [2.05, 4.69) is 10.6 Å². The third-order valence-corrected chi connectivity index (χ3v) is 3.03. The molecule has 2 rings (SSSR count). The Morgan fingerprint density at radius 1 is 0.875 bits per heavy atom. The van der Waals surface area contributed by atoms with Gasteiger partial charge in [-0.15, -0.1) is 0 Å². The summed E-state index contributed by atoms with van der Waals surface area (Å²) in [5.74, 6) is 1.99. The molecule has 0 aromatic heterocycles. The lowest BCUT2D eigenvalue weighted by atomic mass is 10.3. The zero-order valence-electron chi connectivity index (χ0n) is 13.9. The van der Waals surface area contributed by atoms with Gasteiger partial charge in [0.1, 0.15) is 5.75 Å². The summed E-state index contributed by atoms with van der Waals surface area (Å²) in [6, 6.07) is 14.1. The van der Waals surface area contributed by atoms with Crippen LogP contribution in [0.1, 0.15) is 13.8 Å². The van der Waals surface area contributed by atoms with Crippen LogP contribution in [0.25, 0.3) is 0 Å². The first kappa shape index (κ1) is 17.5. The summed E-state index contributed by atoms with van der Waals surface area (Å²) >= 11 is 0. The minimum absolute atomic E-state index is 0.0347. The molecule has 2 aromatic carbocycles. The fourth-order valence-electron chi connectivity index (χ4n) is 2.00. The Morgan fingerprint density at radius 2 is 1.50 bits per heavy atom. The van der Waals surface area contributed by atoms with Gasteiger partial charge in [0.25, 0.3) is 0 Å². The van der Waals surface area contributed by atoms with Gasteiger partial charge in [-0.2, -0.15) is 0 Å². The Morgan fingerprint density at radius 3 is 2.12 bits per heavy atom. The minimum Gasteiger partial charge on any atom is -0.494 e. The molecule has 0 aliphatic carbocycles. The molecule has 2 aromatic rings. The van der Waals surface area contributed by atoms with E-state index in [4.69, 9.17) is 14.2 Å². The molecule has 0 aliphatic heterocycles. The number of carbonyl (C=O) groups excluding carboxylic acids is 1. The number of benzene rings is 2. The molecule has 0 bridgehead atoms. The summed E-state index contributed by atoms with van der Waals surface area (Å²) in [5.41, 5.74) is 0.672. The molecule has 0 heterocycles. The number of anilines is 1. The summed E-state index contributed by atoms with van der Waals surface area (Å²) in [5, 5.41) is 5.35. The number of rotatable bonds is 8. The predicted molar refractivity (Wildman–Crippen MR) is 92.9 cm³/mol. The number of amides is 2. The number of urea groups is 1. The average molecular weight is 330 g/mol. The first-order valence-corrected chi connectivity index (χ1v) is 7.85. The number of nitrogens with one attached hydrogen (secondary N) is 2. The van der Waals surface area contributed by atoms with E-state index in [0.29, 0.717) is 30.4 Å². The normalized spacial score (nSPS) is 9.92. The van der Waals surface area contributed by atoms with E-state index in [1.165, 1.54) is 0 Å². The topological polar surface area (TPSA) is 68.8 Å². The second-order valence-electron chi connectivity index (χ2n) is 4.76. The maximum atomic E-state index is 11.9. The van der Waals surface area contributed by atoms with Gasteiger partial charge in [-0.25, -0.2) is 4.79 Å². The van der Waals surface area contributed by atoms with Crippen molar-refractivity contribution in [1.82, 2.24) is 5.32 Å². The third kappa shape index (κ3) is 5.39. The van der Waals surface area contributed by atoms with Gasteiger partial charge in [0, 0.05) is 5.69 Å². The lowest BCUT2D eigenvalue weighted by Crippen LogP contribution is -2.32. The van der Waals surface area contributed by atoms with Crippen molar-refractivity contribution in [3.63, 3.8) is 0 Å². The maximum Gasteiger partial charge on any atom is 0.321 e. The van der Waals surface area contributed by atoms with E-state index in [0.717, 1.165) is 5.75 Å². The zero-order chi connectivity index (χ0) is 17.2. The minimum atomic E-state index is -0.354. The highest BCUT2D eigenvalue weighted by molar-refractivity contribution is 5.89. The van der Waals surface area contributed by atoms with Crippen molar-refractivity contribution in [1.29, 1.82) is 0 Å². The lowest BCUT2D eigenvalue weighted by molar-refractivity contribution is 0.229. The van der Waals surface area contributed by atoms with Gasteiger partial charge in [0.2, 0.25) is 0 Å². The average Bonchev–Trinajstić information content (AvgIpc) is 2.59. The molecule has 24 heavy (non-hydrogen) atoms. The van der Waals surface area contributed by atoms with Gasteiger partial charge in [0.15, 0.2) is 18.2 Å². The van der Waals surface area contributed by atoms with Crippen LogP contribution in [0.4, 0.5) is 10.5 Å². The van der Waals surface area contributed by atoms with Crippen molar-refractivity contribution in [2.45, 2.75) is 13.8 Å². The molecule has 6 nitrogen and oxygen atoms in total. The van der Waals surface area contributed by atoms with E-state index in [9.17, 15) is 4.79 Å². The molecule has 2 amide bonds. The summed E-state index contributed by atoms with van der Waals surface area (Å²) in [6.07, 6.45) is 0. The van der Waals surface area contributed by atoms with E-state index in [-0.39, 0.29) is 12.8 Å². The molecule has 2 N–H and O–H groups in total. The molecule has 0 radical (unpaired) electrons. The molecule has 0 spiro atoms. The summed E-state index contributed by atoms with van der Waals surface area (Å²) in [4.78, 5) is 11.9. The van der Waals surface area contributed by atoms with Crippen molar-refractivity contribution in [2.75, 3.05) is 25.3 Å². The first-order chi connectivity index (χ1) is 11.7. The van der Waals surface area contributed by atoms with Crippen molar-refractivity contribution in [2.24, 2.45) is 0 Å². The Balaban J connectivity index is 1.79. The number of carbonyl (C=O) groups is 1. The fraction of sp³-hybridized carbons (Fsp3) is 0.278. The largest absolute Gasteiger partial charge is 0.494 e. The van der Waals surface area contributed by atoms with Crippen LogP contribution in [0.15, 0.2) is 48.5 Å². The molecular formula is C18H22N2O4. The van der Waals surface area contributed by atoms with Gasteiger partial charge < -0.3 is 24.8 Å². The van der Waals surface area contributed by atoms with Crippen LogP contribution >= 0.6 is 0 Å². The van der Waals surface area contributed by atoms with Gasteiger partial charge in [-0.1, -0.05) is 12.1 Å². The Hall–Kier alpha value is -2.89. The second kappa shape index (κ2) is 9.29. The number of hydrogen-bond donors (Lipinski definition) is 2. The quantitative estimate of drug-likeness (QED) is 0.725. The van der Waals surface area contributed by atoms with Crippen LogP contribution in [0.3, 0.4) is 0 Å². The summed E-state index contributed by atoms with van der Waals surface area (Å²) in [7, 11) is 0. The third-order valence-electron chi connectivity index (χ3n) is 3.03. The lowest BCUT2D eigenvalue weighted by Gasteiger charge is -2.12. The van der Waals surface area contributed by atoms with E-state index in [1.54, 1.807) is 30.3 Å². The molecule has 128 valence electrons. The maximum absolute atomic E-state index is 11.9. The highest BCUT2D eigenvalue weighted by atomic mass is 16.5. The van der Waals surface area contributed by atoms with Crippen LogP contribution in [-0.2, 0) is 0 Å². The zero-order valence-corrected chi connectivity index (χ0v) is 13.9. The van der Waals surface area contributed by atoms with Crippen molar-refractivity contribution < 1.29 is 19.0 Å². The van der Waals surface area contributed by atoms with Gasteiger partial charge >= 0.3 is 6.03 Å². The number of hydrogen-bond acceptors (Lipinski definition) is 4. The highest BCUT2D eigenvalue weighted by Crippen LogP contribution is 2.25. The number of ether oxygens (including phenoxy) is 3. The first-order valence-electron chi connectivity index (χ1n) is 7.85.